The lowest BCUT2D eigenvalue weighted by Gasteiger charge is -2.40. The lowest BCUT2D eigenvalue weighted by Crippen LogP contribution is -2.61. The van der Waals surface area contributed by atoms with Crippen molar-refractivity contribution in [1.29, 1.82) is 0 Å². The lowest BCUT2D eigenvalue weighted by atomic mass is 9.99. The van der Waals surface area contributed by atoms with Crippen LogP contribution in [0.4, 0.5) is 0 Å². The first-order valence-corrected chi connectivity index (χ1v) is 11.4. The average molecular weight is 512 g/mol. The summed E-state index contributed by atoms with van der Waals surface area (Å²) in [5.41, 5.74) is -0.301. The van der Waals surface area contributed by atoms with Gasteiger partial charge in [-0.2, -0.15) is 8.42 Å². The third kappa shape index (κ3) is 5.23. The summed E-state index contributed by atoms with van der Waals surface area (Å²) in [6.07, 6.45) is -8.96. The molecule has 0 spiro atoms. The van der Waals surface area contributed by atoms with Crippen LogP contribution in [0, 0.1) is 0 Å². The highest BCUT2D eigenvalue weighted by molar-refractivity contribution is 7.80. The van der Waals surface area contributed by atoms with Crippen LogP contribution in [0.5, 0.6) is 17.2 Å². The maximum atomic E-state index is 12.6. The molecule has 2 aromatic carbocycles. The number of rotatable bonds is 6. The SMILES string of the molecule is O=c1cc(-c2ccc(O)cc2)oc2cc(OC3OC(CO)C(O)C(O)C3OS(=O)(=O)O)cc(O)c12. The van der Waals surface area contributed by atoms with Crippen molar-refractivity contribution in [1.82, 2.24) is 0 Å². The van der Waals surface area contributed by atoms with Crippen molar-refractivity contribution in [3.8, 4) is 28.6 Å². The second kappa shape index (κ2) is 9.43. The van der Waals surface area contributed by atoms with Crippen molar-refractivity contribution < 1.29 is 56.6 Å². The molecule has 5 atom stereocenters. The van der Waals surface area contributed by atoms with Crippen LogP contribution in [0.15, 0.2) is 51.7 Å². The van der Waals surface area contributed by atoms with E-state index < -0.39 is 58.9 Å². The summed E-state index contributed by atoms with van der Waals surface area (Å²) in [6, 6.07) is 9.04. The van der Waals surface area contributed by atoms with Crippen molar-refractivity contribution in [2.75, 3.05) is 6.61 Å². The molecular weight excluding hydrogens is 492 g/mol. The van der Waals surface area contributed by atoms with Gasteiger partial charge in [0.25, 0.3) is 0 Å². The van der Waals surface area contributed by atoms with E-state index in [0.29, 0.717) is 5.56 Å². The van der Waals surface area contributed by atoms with E-state index >= 15 is 0 Å². The summed E-state index contributed by atoms with van der Waals surface area (Å²) < 4.78 is 52.4. The molecule has 4 rings (SSSR count). The highest BCUT2D eigenvalue weighted by atomic mass is 32.3. The first-order chi connectivity index (χ1) is 16.5. The Labute approximate surface area is 196 Å². The van der Waals surface area contributed by atoms with Gasteiger partial charge in [0.2, 0.25) is 6.29 Å². The Hall–Kier alpha value is -3.24. The number of phenolic OH excluding ortho intramolecular Hbond substituents is 2. The quantitative estimate of drug-likeness (QED) is 0.238. The van der Waals surface area contributed by atoms with Gasteiger partial charge < -0.3 is 39.4 Å². The summed E-state index contributed by atoms with van der Waals surface area (Å²) in [5.74, 6) is -0.714. The maximum absolute atomic E-state index is 12.6. The predicted molar refractivity (Wildman–Crippen MR) is 116 cm³/mol. The van der Waals surface area contributed by atoms with Gasteiger partial charge in [-0.15, -0.1) is 0 Å². The van der Waals surface area contributed by atoms with E-state index in [-0.39, 0.29) is 28.2 Å². The number of aromatic hydroxyl groups is 2. The summed E-state index contributed by atoms with van der Waals surface area (Å²) in [4.78, 5) is 12.6. The van der Waals surface area contributed by atoms with E-state index in [1.165, 1.54) is 30.3 Å². The Balaban J connectivity index is 1.73. The van der Waals surface area contributed by atoms with E-state index in [2.05, 4.69) is 4.18 Å². The summed E-state index contributed by atoms with van der Waals surface area (Å²) in [5, 5.41) is 49.3. The number of hydrogen-bond donors (Lipinski definition) is 6. The zero-order valence-electron chi connectivity index (χ0n) is 17.6. The van der Waals surface area contributed by atoms with Crippen molar-refractivity contribution >= 4 is 21.4 Å². The highest BCUT2D eigenvalue weighted by Gasteiger charge is 2.48. The molecule has 5 unspecified atom stereocenters. The van der Waals surface area contributed by atoms with E-state index in [1.807, 2.05) is 0 Å². The largest absolute Gasteiger partial charge is 0.508 e. The van der Waals surface area contributed by atoms with Gasteiger partial charge in [0.15, 0.2) is 11.5 Å². The number of benzene rings is 2. The molecule has 35 heavy (non-hydrogen) atoms. The van der Waals surface area contributed by atoms with Crippen LogP contribution in [0.3, 0.4) is 0 Å². The molecule has 1 saturated heterocycles. The van der Waals surface area contributed by atoms with E-state index in [1.54, 1.807) is 0 Å². The molecule has 0 aliphatic carbocycles. The zero-order valence-corrected chi connectivity index (χ0v) is 18.4. The number of fused-ring (bicyclic) bond motifs is 1. The number of ether oxygens (including phenoxy) is 2. The van der Waals surface area contributed by atoms with Gasteiger partial charge in [0.05, 0.1) is 6.61 Å². The minimum absolute atomic E-state index is 0.00662. The van der Waals surface area contributed by atoms with Crippen LogP contribution in [-0.2, 0) is 19.3 Å². The molecule has 6 N–H and O–H groups in total. The lowest BCUT2D eigenvalue weighted by molar-refractivity contribution is -0.271. The first-order valence-electron chi connectivity index (χ1n) is 10.0. The molecule has 1 aromatic heterocycles. The van der Waals surface area contributed by atoms with Gasteiger partial charge in [0.1, 0.15) is 52.3 Å². The van der Waals surface area contributed by atoms with Crippen LogP contribution in [0.2, 0.25) is 0 Å². The highest BCUT2D eigenvalue weighted by Crippen LogP contribution is 2.34. The Kier molecular flexibility index (Phi) is 6.70. The molecule has 188 valence electrons. The van der Waals surface area contributed by atoms with Crippen molar-refractivity contribution in [2.45, 2.75) is 30.7 Å². The number of hydrogen-bond acceptors (Lipinski definition) is 12. The normalized spacial score (nSPS) is 25.0. The Morgan fingerprint density at radius 2 is 1.69 bits per heavy atom. The van der Waals surface area contributed by atoms with Crippen LogP contribution in [0.1, 0.15) is 0 Å². The molecule has 1 fully saturated rings. The monoisotopic (exact) mass is 512 g/mol. The van der Waals surface area contributed by atoms with E-state index in [4.69, 9.17) is 18.4 Å². The molecule has 0 amide bonds. The van der Waals surface area contributed by atoms with Gasteiger partial charge in [-0.25, -0.2) is 4.18 Å². The van der Waals surface area contributed by atoms with E-state index in [9.17, 15) is 38.7 Å². The molecule has 2 heterocycles. The molecule has 0 radical (unpaired) electrons. The van der Waals surface area contributed by atoms with Crippen LogP contribution < -0.4 is 10.2 Å². The molecule has 14 heteroatoms. The van der Waals surface area contributed by atoms with Gasteiger partial charge in [0, 0.05) is 23.8 Å². The second-order valence-corrected chi connectivity index (χ2v) is 8.70. The zero-order chi connectivity index (χ0) is 25.5. The third-order valence-electron chi connectivity index (χ3n) is 5.24. The van der Waals surface area contributed by atoms with Crippen LogP contribution in [-0.4, -0.2) is 75.8 Å². The minimum Gasteiger partial charge on any atom is -0.508 e. The van der Waals surface area contributed by atoms with E-state index in [0.717, 1.165) is 12.1 Å². The minimum atomic E-state index is -5.14. The van der Waals surface area contributed by atoms with Crippen molar-refractivity contribution in [2.24, 2.45) is 0 Å². The van der Waals surface area contributed by atoms with Gasteiger partial charge in [-0.05, 0) is 24.3 Å². The van der Waals surface area contributed by atoms with Gasteiger partial charge in [-0.1, -0.05) is 0 Å². The fraction of sp³-hybridized carbons (Fsp3) is 0.286. The van der Waals surface area contributed by atoms with Gasteiger partial charge in [-0.3, -0.25) is 9.35 Å². The Morgan fingerprint density at radius 3 is 2.31 bits per heavy atom. The summed E-state index contributed by atoms with van der Waals surface area (Å²) in [7, 11) is -5.14. The molecule has 1 aliphatic heterocycles. The fourth-order valence-electron chi connectivity index (χ4n) is 3.61. The molecule has 0 saturated carbocycles. The predicted octanol–water partition coefficient (Wildman–Crippen LogP) is -0.123. The summed E-state index contributed by atoms with van der Waals surface area (Å²) in [6.45, 7) is -0.787. The molecular formula is C21H20O13S. The average Bonchev–Trinajstić information content (AvgIpc) is 2.78. The number of aliphatic hydroxyl groups is 3. The van der Waals surface area contributed by atoms with Crippen molar-refractivity contribution in [3.63, 3.8) is 0 Å². The standard InChI is InChI=1S/C21H20O13S/c22-8-16-18(26)19(27)20(34-35(28,29)30)21(33-16)31-11-5-12(24)17-13(25)7-14(32-15(17)6-11)9-1-3-10(23)4-2-9/h1-7,16,18-24,26-27H,8H2,(H,28,29,30). The Morgan fingerprint density at radius 1 is 1.00 bits per heavy atom. The molecule has 13 nitrogen and oxygen atoms in total. The third-order valence-corrected chi connectivity index (χ3v) is 5.71. The van der Waals surface area contributed by atoms with Crippen LogP contribution >= 0.6 is 0 Å². The van der Waals surface area contributed by atoms with Crippen LogP contribution in [0.25, 0.3) is 22.3 Å². The Bertz CT molecular complexity index is 1380. The number of phenols is 2. The molecule has 3 aromatic rings. The molecule has 0 bridgehead atoms. The fourth-order valence-corrected chi connectivity index (χ4v) is 4.09. The van der Waals surface area contributed by atoms with Gasteiger partial charge >= 0.3 is 10.4 Å². The first kappa shape index (κ1) is 24.9. The topological polar surface area (TPSA) is 213 Å². The maximum Gasteiger partial charge on any atom is 0.397 e. The van der Waals surface area contributed by atoms with Crippen molar-refractivity contribution in [3.05, 3.63) is 52.7 Å². The number of aliphatic hydroxyl groups excluding tert-OH is 3. The smallest absolute Gasteiger partial charge is 0.397 e. The second-order valence-electron chi connectivity index (χ2n) is 7.65. The summed E-state index contributed by atoms with van der Waals surface area (Å²) >= 11 is 0. The molecule has 1 aliphatic rings.